The van der Waals surface area contributed by atoms with E-state index in [9.17, 15) is 13.6 Å². The third-order valence-corrected chi connectivity index (χ3v) is 2.92. The maximum atomic E-state index is 12.3. The van der Waals surface area contributed by atoms with Crippen molar-refractivity contribution in [1.82, 2.24) is 5.32 Å². The number of hydrogen-bond donors (Lipinski definition) is 1. The van der Waals surface area contributed by atoms with Crippen molar-refractivity contribution in [2.24, 2.45) is 0 Å². The van der Waals surface area contributed by atoms with E-state index in [4.69, 9.17) is 11.6 Å². The van der Waals surface area contributed by atoms with Gasteiger partial charge in [0.2, 0.25) is 0 Å². The van der Waals surface area contributed by atoms with Gasteiger partial charge in [0.1, 0.15) is 5.75 Å². The molecule has 0 aromatic heterocycles. The molecule has 0 spiro atoms. The Kier molecular flexibility index (Phi) is 5.11. The summed E-state index contributed by atoms with van der Waals surface area (Å²) >= 11 is 5.84. The SMILES string of the molecule is O=C(NCc1cccc(Cl)c1)c1ccccc1OC(F)F. The van der Waals surface area contributed by atoms with E-state index >= 15 is 0 Å². The number of ether oxygens (including phenoxy) is 1. The first-order chi connectivity index (χ1) is 10.1. The second-order valence-corrected chi connectivity index (χ2v) is 4.62. The number of alkyl halides is 2. The summed E-state index contributed by atoms with van der Waals surface area (Å²) in [5, 5.41) is 3.19. The molecular formula is C15H12ClF2NO2. The van der Waals surface area contributed by atoms with Crippen molar-refractivity contribution in [2.45, 2.75) is 13.2 Å². The normalized spacial score (nSPS) is 10.5. The van der Waals surface area contributed by atoms with E-state index in [-0.39, 0.29) is 17.9 Å². The van der Waals surface area contributed by atoms with Crippen LogP contribution in [0.4, 0.5) is 8.78 Å². The molecule has 0 atom stereocenters. The van der Waals surface area contributed by atoms with E-state index in [0.717, 1.165) is 5.56 Å². The van der Waals surface area contributed by atoms with Crippen LogP contribution in [0.15, 0.2) is 48.5 Å². The van der Waals surface area contributed by atoms with Gasteiger partial charge in [0.25, 0.3) is 5.91 Å². The second kappa shape index (κ2) is 7.04. The summed E-state index contributed by atoms with van der Waals surface area (Å²) in [7, 11) is 0. The van der Waals surface area contributed by atoms with E-state index in [2.05, 4.69) is 10.1 Å². The van der Waals surface area contributed by atoms with Gasteiger partial charge in [0.05, 0.1) is 5.56 Å². The molecule has 0 bridgehead atoms. The van der Waals surface area contributed by atoms with Crippen molar-refractivity contribution in [2.75, 3.05) is 0 Å². The molecule has 1 N–H and O–H groups in total. The maximum Gasteiger partial charge on any atom is 0.387 e. The van der Waals surface area contributed by atoms with Crippen LogP contribution in [0.2, 0.25) is 5.02 Å². The van der Waals surface area contributed by atoms with Crippen LogP contribution in [0, 0.1) is 0 Å². The van der Waals surface area contributed by atoms with Crippen molar-refractivity contribution >= 4 is 17.5 Å². The zero-order valence-corrected chi connectivity index (χ0v) is 11.6. The van der Waals surface area contributed by atoms with Gasteiger partial charge in [0, 0.05) is 11.6 Å². The van der Waals surface area contributed by atoms with Crippen LogP contribution in [-0.2, 0) is 6.54 Å². The largest absolute Gasteiger partial charge is 0.434 e. The van der Waals surface area contributed by atoms with E-state index in [1.165, 1.54) is 18.2 Å². The molecule has 0 heterocycles. The van der Waals surface area contributed by atoms with Crippen molar-refractivity contribution < 1.29 is 18.3 Å². The summed E-state index contributed by atoms with van der Waals surface area (Å²) in [5.74, 6) is -0.651. The first-order valence-electron chi connectivity index (χ1n) is 6.13. The Balaban J connectivity index is 2.07. The van der Waals surface area contributed by atoms with Gasteiger partial charge in [-0.2, -0.15) is 8.78 Å². The molecule has 0 saturated heterocycles. The van der Waals surface area contributed by atoms with Crippen LogP contribution < -0.4 is 10.1 Å². The summed E-state index contributed by atoms with van der Waals surface area (Å²) in [6.45, 7) is -2.74. The predicted octanol–water partition coefficient (Wildman–Crippen LogP) is 3.87. The number of amides is 1. The smallest absolute Gasteiger partial charge is 0.387 e. The highest BCUT2D eigenvalue weighted by Crippen LogP contribution is 2.20. The molecule has 110 valence electrons. The maximum absolute atomic E-state index is 12.3. The zero-order chi connectivity index (χ0) is 15.2. The molecule has 0 unspecified atom stereocenters. The molecule has 0 radical (unpaired) electrons. The van der Waals surface area contributed by atoms with Crippen molar-refractivity contribution in [3.05, 3.63) is 64.7 Å². The van der Waals surface area contributed by atoms with Gasteiger partial charge in [-0.15, -0.1) is 0 Å². The van der Waals surface area contributed by atoms with Crippen LogP contribution in [0.25, 0.3) is 0 Å². The molecule has 6 heteroatoms. The van der Waals surface area contributed by atoms with Crippen LogP contribution >= 0.6 is 11.6 Å². The molecule has 1 amide bonds. The Bertz CT molecular complexity index is 635. The number of para-hydroxylation sites is 1. The van der Waals surface area contributed by atoms with E-state index in [1.54, 1.807) is 30.3 Å². The summed E-state index contributed by atoms with van der Waals surface area (Å²) < 4.78 is 28.9. The lowest BCUT2D eigenvalue weighted by atomic mass is 10.1. The zero-order valence-electron chi connectivity index (χ0n) is 10.9. The van der Waals surface area contributed by atoms with E-state index < -0.39 is 12.5 Å². The number of carbonyl (C=O) groups excluding carboxylic acids is 1. The summed E-state index contributed by atoms with van der Waals surface area (Å²) in [5.41, 5.74) is 0.864. The van der Waals surface area contributed by atoms with E-state index in [0.29, 0.717) is 5.02 Å². The molecule has 3 nitrogen and oxygen atoms in total. The molecular weight excluding hydrogens is 300 g/mol. The van der Waals surface area contributed by atoms with Gasteiger partial charge in [-0.05, 0) is 29.8 Å². The standard InChI is InChI=1S/C15H12ClF2NO2/c16-11-5-3-4-10(8-11)9-19-14(20)12-6-1-2-7-13(12)21-15(17)18/h1-8,15H,9H2,(H,19,20). The summed E-state index contributed by atoms with van der Waals surface area (Å²) in [4.78, 5) is 12.0. The second-order valence-electron chi connectivity index (χ2n) is 4.19. The van der Waals surface area contributed by atoms with Crippen LogP contribution in [0.1, 0.15) is 15.9 Å². The third-order valence-electron chi connectivity index (χ3n) is 2.69. The lowest BCUT2D eigenvalue weighted by Crippen LogP contribution is -2.23. The van der Waals surface area contributed by atoms with Gasteiger partial charge in [-0.3, -0.25) is 4.79 Å². The number of rotatable bonds is 5. The first kappa shape index (κ1) is 15.3. The topological polar surface area (TPSA) is 38.3 Å². The highest BCUT2D eigenvalue weighted by Gasteiger charge is 2.14. The Labute approximate surface area is 125 Å². The van der Waals surface area contributed by atoms with Gasteiger partial charge in [0.15, 0.2) is 0 Å². The lowest BCUT2D eigenvalue weighted by Gasteiger charge is -2.11. The Hall–Kier alpha value is -2.14. The van der Waals surface area contributed by atoms with Crippen LogP contribution in [-0.4, -0.2) is 12.5 Å². The average Bonchev–Trinajstić information content (AvgIpc) is 2.45. The fourth-order valence-electron chi connectivity index (χ4n) is 1.78. The molecule has 0 fully saturated rings. The molecule has 0 aliphatic carbocycles. The van der Waals surface area contributed by atoms with Crippen molar-refractivity contribution in [3.8, 4) is 5.75 Å². The molecule has 2 rings (SSSR count). The molecule has 21 heavy (non-hydrogen) atoms. The molecule has 0 aliphatic heterocycles. The van der Waals surface area contributed by atoms with Gasteiger partial charge in [-0.1, -0.05) is 35.9 Å². The minimum atomic E-state index is -2.98. The van der Waals surface area contributed by atoms with Gasteiger partial charge in [-0.25, -0.2) is 0 Å². The Morgan fingerprint density at radius 2 is 1.95 bits per heavy atom. The fourth-order valence-corrected chi connectivity index (χ4v) is 1.99. The minimum absolute atomic E-state index is 0.0554. The van der Waals surface area contributed by atoms with Gasteiger partial charge >= 0.3 is 6.61 Å². The number of halogens is 3. The van der Waals surface area contributed by atoms with Crippen LogP contribution in [0.5, 0.6) is 5.75 Å². The molecule has 2 aromatic rings. The highest BCUT2D eigenvalue weighted by molar-refractivity contribution is 6.30. The Morgan fingerprint density at radius 1 is 1.19 bits per heavy atom. The van der Waals surface area contributed by atoms with Crippen molar-refractivity contribution in [3.63, 3.8) is 0 Å². The van der Waals surface area contributed by atoms with E-state index in [1.807, 2.05) is 0 Å². The monoisotopic (exact) mass is 311 g/mol. The number of hydrogen-bond acceptors (Lipinski definition) is 2. The Morgan fingerprint density at radius 3 is 2.67 bits per heavy atom. The molecule has 0 aliphatic rings. The number of carbonyl (C=O) groups is 1. The van der Waals surface area contributed by atoms with Crippen molar-refractivity contribution in [1.29, 1.82) is 0 Å². The van der Waals surface area contributed by atoms with Crippen LogP contribution in [0.3, 0.4) is 0 Å². The quantitative estimate of drug-likeness (QED) is 0.910. The third kappa shape index (κ3) is 4.43. The molecule has 0 saturated carbocycles. The summed E-state index contributed by atoms with van der Waals surface area (Å²) in [6.07, 6.45) is 0. The minimum Gasteiger partial charge on any atom is -0.434 e. The highest BCUT2D eigenvalue weighted by atomic mass is 35.5. The first-order valence-corrected chi connectivity index (χ1v) is 6.50. The lowest BCUT2D eigenvalue weighted by molar-refractivity contribution is -0.0501. The fraction of sp³-hybridized carbons (Fsp3) is 0.133. The number of benzene rings is 2. The number of nitrogens with one attached hydrogen (secondary N) is 1. The van der Waals surface area contributed by atoms with Gasteiger partial charge < -0.3 is 10.1 Å². The molecule has 2 aromatic carbocycles. The summed E-state index contributed by atoms with van der Waals surface area (Å²) in [6, 6.07) is 12.8. The average molecular weight is 312 g/mol. The predicted molar refractivity (Wildman–Crippen MR) is 75.7 cm³/mol.